The molecule has 0 spiro atoms. The molecule has 1 aromatic carbocycles. The molecule has 0 aliphatic carbocycles. The summed E-state index contributed by atoms with van der Waals surface area (Å²) in [6, 6.07) is 8.04. The minimum atomic E-state index is -0.278. The number of benzene rings is 1. The van der Waals surface area contributed by atoms with E-state index >= 15 is 0 Å². The van der Waals surface area contributed by atoms with Gasteiger partial charge in [0.15, 0.2) is 6.79 Å². The van der Waals surface area contributed by atoms with E-state index < -0.39 is 0 Å². The third-order valence-corrected chi connectivity index (χ3v) is 4.28. The van der Waals surface area contributed by atoms with E-state index in [0.29, 0.717) is 0 Å². The number of methoxy groups -OCH3 is 1. The quantitative estimate of drug-likeness (QED) is 0.747. The van der Waals surface area contributed by atoms with Crippen LogP contribution in [0.25, 0.3) is 0 Å². The number of nitrogens with zero attached hydrogens (tertiary/aromatic N) is 1. The minimum absolute atomic E-state index is 0.180. The molecule has 0 saturated carbocycles. The van der Waals surface area contributed by atoms with Crippen molar-refractivity contribution in [2.75, 3.05) is 33.5 Å². The molecule has 0 bridgehead atoms. The number of hydrogen-bond acceptors (Lipinski definition) is 4. The van der Waals surface area contributed by atoms with Crippen LogP contribution < -0.4 is 10.1 Å². The predicted octanol–water partition coefficient (Wildman–Crippen LogP) is 2.41. The van der Waals surface area contributed by atoms with E-state index in [1.165, 1.54) is 5.56 Å². The molecule has 0 aromatic heterocycles. The van der Waals surface area contributed by atoms with Crippen LogP contribution in [-0.4, -0.2) is 44.3 Å². The molecule has 2 rings (SSSR count). The van der Waals surface area contributed by atoms with E-state index in [-0.39, 0.29) is 18.1 Å². The lowest BCUT2D eigenvalue weighted by molar-refractivity contribution is -0.129. The van der Waals surface area contributed by atoms with Crippen LogP contribution in [0.3, 0.4) is 0 Å². The predicted molar refractivity (Wildman–Crippen MR) is 90.2 cm³/mol. The maximum absolute atomic E-state index is 12.3. The van der Waals surface area contributed by atoms with Gasteiger partial charge in [0.25, 0.3) is 0 Å². The number of ether oxygens (including phenoxy) is 2. The normalized spacial score (nSPS) is 21.3. The molecule has 5 heteroatoms. The molecule has 1 heterocycles. The van der Waals surface area contributed by atoms with Crippen molar-refractivity contribution in [3.05, 3.63) is 29.8 Å². The number of likely N-dealkylation sites (tertiary alicyclic amines) is 1. The van der Waals surface area contributed by atoms with E-state index in [9.17, 15) is 4.79 Å². The van der Waals surface area contributed by atoms with Gasteiger partial charge in [0.2, 0.25) is 5.91 Å². The number of nitrogens with one attached hydrogen (secondary N) is 1. The lowest BCUT2D eigenvalue weighted by atomic mass is 9.88. The molecule has 1 atom stereocenters. The Morgan fingerprint density at radius 1 is 1.43 bits per heavy atom. The van der Waals surface area contributed by atoms with Gasteiger partial charge in [-0.15, -0.1) is 0 Å². The molecule has 23 heavy (non-hydrogen) atoms. The molecule has 5 nitrogen and oxygen atoms in total. The minimum Gasteiger partial charge on any atom is -0.468 e. The van der Waals surface area contributed by atoms with E-state index in [1.807, 2.05) is 18.2 Å². The average Bonchev–Trinajstić information content (AvgIpc) is 2.93. The van der Waals surface area contributed by atoms with Gasteiger partial charge in [-0.3, -0.25) is 9.69 Å². The summed E-state index contributed by atoms with van der Waals surface area (Å²) in [5.74, 6) is 0.992. The van der Waals surface area contributed by atoms with Crippen molar-refractivity contribution in [3.63, 3.8) is 0 Å². The third kappa shape index (κ3) is 4.94. The van der Waals surface area contributed by atoms with Crippen LogP contribution in [0, 0.1) is 5.41 Å². The van der Waals surface area contributed by atoms with Crippen molar-refractivity contribution < 1.29 is 14.3 Å². The summed E-state index contributed by atoms with van der Waals surface area (Å²) in [6.07, 6.45) is 1.88. The van der Waals surface area contributed by atoms with Crippen molar-refractivity contribution >= 4 is 5.91 Å². The Labute approximate surface area is 139 Å². The van der Waals surface area contributed by atoms with Crippen molar-refractivity contribution in [2.45, 2.75) is 33.2 Å². The maximum Gasteiger partial charge on any atom is 0.227 e. The molecule has 1 fully saturated rings. The highest BCUT2D eigenvalue weighted by atomic mass is 16.7. The summed E-state index contributed by atoms with van der Waals surface area (Å²) in [4.78, 5) is 14.7. The van der Waals surface area contributed by atoms with Crippen LogP contribution >= 0.6 is 0 Å². The first-order chi connectivity index (χ1) is 11.1. The summed E-state index contributed by atoms with van der Waals surface area (Å²) in [5, 5.41) is 3.03. The topological polar surface area (TPSA) is 50.8 Å². The molecule has 128 valence electrons. The number of hydrogen-bond donors (Lipinski definition) is 1. The first kappa shape index (κ1) is 17.8. The van der Waals surface area contributed by atoms with Crippen LogP contribution in [0.4, 0.5) is 0 Å². The molecule has 1 unspecified atom stereocenters. The molecule has 1 N–H and O–H groups in total. The van der Waals surface area contributed by atoms with Gasteiger partial charge in [0.05, 0.1) is 5.41 Å². The zero-order valence-corrected chi connectivity index (χ0v) is 14.4. The first-order valence-electron chi connectivity index (χ1n) is 8.29. The highest BCUT2D eigenvalue weighted by molar-refractivity contribution is 5.82. The summed E-state index contributed by atoms with van der Waals surface area (Å²) in [7, 11) is 1.61. The fourth-order valence-corrected chi connectivity index (χ4v) is 2.95. The molecule has 1 aliphatic heterocycles. The molecular formula is C18H28N2O3. The Bertz CT molecular complexity index is 521. The summed E-state index contributed by atoms with van der Waals surface area (Å²) >= 11 is 0. The fraction of sp³-hybridized carbons (Fsp3) is 0.611. The van der Waals surface area contributed by atoms with E-state index in [0.717, 1.165) is 44.8 Å². The van der Waals surface area contributed by atoms with Crippen LogP contribution in [0.5, 0.6) is 5.75 Å². The first-order valence-corrected chi connectivity index (χ1v) is 8.29. The summed E-state index contributed by atoms with van der Waals surface area (Å²) in [6.45, 7) is 7.72. The fourth-order valence-electron chi connectivity index (χ4n) is 2.95. The second-order valence-electron chi connectivity index (χ2n) is 6.48. The standard InChI is InChI=1S/C18H28N2O3/c1-4-9-19-17(21)18(2)8-10-20(13-18)12-15-6-5-7-16(11-15)23-14-22-3/h5-7,11H,4,8-10,12-14H2,1-3H3,(H,19,21). The van der Waals surface area contributed by atoms with Gasteiger partial charge >= 0.3 is 0 Å². The second-order valence-corrected chi connectivity index (χ2v) is 6.48. The number of carbonyl (C=O) groups excluding carboxylic acids is 1. The van der Waals surface area contributed by atoms with Gasteiger partial charge < -0.3 is 14.8 Å². The maximum atomic E-state index is 12.3. The molecule has 1 aromatic rings. The highest BCUT2D eigenvalue weighted by Gasteiger charge is 2.39. The number of amides is 1. The van der Waals surface area contributed by atoms with Gasteiger partial charge in [-0.05, 0) is 44.0 Å². The monoisotopic (exact) mass is 320 g/mol. The Balaban J connectivity index is 1.91. The van der Waals surface area contributed by atoms with Crippen LogP contribution in [0.1, 0.15) is 32.3 Å². The second kappa shape index (κ2) is 8.31. The van der Waals surface area contributed by atoms with Crippen LogP contribution in [0.15, 0.2) is 24.3 Å². The SMILES string of the molecule is CCCNC(=O)C1(C)CCN(Cc2cccc(OCOC)c2)C1. The molecule has 0 radical (unpaired) electrons. The summed E-state index contributed by atoms with van der Waals surface area (Å²) in [5.41, 5.74) is 0.913. The van der Waals surface area contributed by atoms with E-state index in [1.54, 1.807) is 7.11 Å². The van der Waals surface area contributed by atoms with Crippen molar-refractivity contribution in [3.8, 4) is 5.75 Å². The highest BCUT2D eigenvalue weighted by Crippen LogP contribution is 2.31. The molecule has 1 saturated heterocycles. The lowest BCUT2D eigenvalue weighted by Gasteiger charge is -2.24. The van der Waals surface area contributed by atoms with Gasteiger partial charge in [0, 0.05) is 26.7 Å². The van der Waals surface area contributed by atoms with Crippen molar-refractivity contribution in [1.29, 1.82) is 0 Å². The lowest BCUT2D eigenvalue weighted by Crippen LogP contribution is -2.41. The zero-order valence-electron chi connectivity index (χ0n) is 14.4. The zero-order chi connectivity index (χ0) is 16.7. The van der Waals surface area contributed by atoms with E-state index in [2.05, 4.69) is 30.1 Å². The smallest absolute Gasteiger partial charge is 0.227 e. The van der Waals surface area contributed by atoms with Crippen molar-refractivity contribution in [1.82, 2.24) is 10.2 Å². The molecule has 1 aliphatic rings. The largest absolute Gasteiger partial charge is 0.468 e. The molecule has 1 amide bonds. The Hall–Kier alpha value is -1.59. The summed E-state index contributed by atoms with van der Waals surface area (Å²) < 4.78 is 10.4. The van der Waals surface area contributed by atoms with Gasteiger partial charge in [0.1, 0.15) is 5.75 Å². The molecular weight excluding hydrogens is 292 g/mol. The third-order valence-electron chi connectivity index (χ3n) is 4.28. The average molecular weight is 320 g/mol. The van der Waals surface area contributed by atoms with Crippen LogP contribution in [0.2, 0.25) is 0 Å². The Morgan fingerprint density at radius 2 is 2.26 bits per heavy atom. The van der Waals surface area contributed by atoms with Gasteiger partial charge in [-0.1, -0.05) is 19.1 Å². The van der Waals surface area contributed by atoms with Crippen LogP contribution in [-0.2, 0) is 16.1 Å². The number of carbonyl (C=O) groups is 1. The van der Waals surface area contributed by atoms with Gasteiger partial charge in [-0.25, -0.2) is 0 Å². The Morgan fingerprint density at radius 3 is 3.00 bits per heavy atom. The van der Waals surface area contributed by atoms with Gasteiger partial charge in [-0.2, -0.15) is 0 Å². The number of rotatable bonds is 8. The van der Waals surface area contributed by atoms with Crippen molar-refractivity contribution in [2.24, 2.45) is 5.41 Å². The Kier molecular flexibility index (Phi) is 6.42. The van der Waals surface area contributed by atoms with E-state index in [4.69, 9.17) is 9.47 Å².